The first-order valence-corrected chi connectivity index (χ1v) is 9.80. The van der Waals surface area contributed by atoms with E-state index < -0.39 is 0 Å². The largest absolute Gasteiger partial charge is 0.496 e. The molecule has 0 bridgehead atoms. The van der Waals surface area contributed by atoms with Gasteiger partial charge in [-0.3, -0.25) is 9.59 Å². The van der Waals surface area contributed by atoms with Gasteiger partial charge in [-0.05, 0) is 42.8 Å². The number of carbonyl (C=O) groups excluding carboxylic acids is 1. The van der Waals surface area contributed by atoms with E-state index in [-0.39, 0.29) is 24.6 Å². The van der Waals surface area contributed by atoms with E-state index in [0.717, 1.165) is 5.39 Å². The highest BCUT2D eigenvalue weighted by Gasteiger charge is 2.12. The lowest BCUT2D eigenvalue weighted by atomic mass is 10.1. The first-order chi connectivity index (χ1) is 14.4. The smallest absolute Gasteiger partial charge is 0.257 e. The van der Waals surface area contributed by atoms with Gasteiger partial charge in [0.15, 0.2) is 6.61 Å². The van der Waals surface area contributed by atoms with Crippen molar-refractivity contribution >= 4 is 40.0 Å². The summed E-state index contributed by atoms with van der Waals surface area (Å²) in [6, 6.07) is 9.98. The number of hydrogen-bond donors (Lipinski definition) is 2. The number of rotatable bonds is 8. The van der Waals surface area contributed by atoms with E-state index in [2.05, 4.69) is 10.3 Å². The average molecular weight is 451 g/mol. The Morgan fingerprint density at radius 2 is 1.73 bits per heavy atom. The molecule has 0 spiro atoms. The fourth-order valence-electron chi connectivity index (χ4n) is 2.94. The van der Waals surface area contributed by atoms with Gasteiger partial charge in [0, 0.05) is 22.5 Å². The molecular weight excluding hydrogens is 431 g/mol. The van der Waals surface area contributed by atoms with Crippen LogP contribution in [0.3, 0.4) is 0 Å². The van der Waals surface area contributed by atoms with Crippen LogP contribution in [0.25, 0.3) is 10.9 Å². The van der Waals surface area contributed by atoms with Gasteiger partial charge in [0.05, 0.1) is 24.8 Å². The lowest BCUT2D eigenvalue weighted by Crippen LogP contribution is -2.31. The molecule has 0 fully saturated rings. The van der Waals surface area contributed by atoms with Crippen molar-refractivity contribution in [3.63, 3.8) is 0 Å². The maximum absolute atomic E-state index is 12.4. The van der Waals surface area contributed by atoms with Gasteiger partial charge in [0.1, 0.15) is 17.2 Å². The molecule has 3 rings (SSSR count). The molecule has 1 aromatic heterocycles. The van der Waals surface area contributed by atoms with Crippen molar-refractivity contribution in [3.05, 3.63) is 62.4 Å². The lowest BCUT2D eigenvalue weighted by molar-refractivity contribution is -0.123. The summed E-state index contributed by atoms with van der Waals surface area (Å²) in [5, 5.41) is 4.24. The second-order valence-electron chi connectivity index (χ2n) is 6.35. The van der Waals surface area contributed by atoms with Gasteiger partial charge in [0.2, 0.25) is 0 Å². The molecular formula is C21H20Cl2N2O5. The number of benzene rings is 2. The van der Waals surface area contributed by atoms with Crippen LogP contribution in [-0.4, -0.2) is 38.3 Å². The van der Waals surface area contributed by atoms with Crippen LogP contribution in [0.4, 0.5) is 0 Å². The molecule has 0 saturated heterocycles. The van der Waals surface area contributed by atoms with Crippen LogP contribution in [0.2, 0.25) is 10.0 Å². The summed E-state index contributed by atoms with van der Waals surface area (Å²) >= 11 is 11.8. The molecule has 158 valence electrons. The molecule has 0 unspecified atom stereocenters. The third-order valence-corrected chi connectivity index (χ3v) is 4.96. The Labute approximate surface area is 182 Å². The number of ether oxygens (including phenoxy) is 3. The Balaban J connectivity index is 1.63. The number of aromatic amines is 1. The monoisotopic (exact) mass is 450 g/mol. The summed E-state index contributed by atoms with van der Waals surface area (Å²) in [6.07, 6.45) is 0.332. The Morgan fingerprint density at radius 3 is 2.43 bits per heavy atom. The Bertz CT molecular complexity index is 1130. The summed E-state index contributed by atoms with van der Waals surface area (Å²) in [7, 11) is 3.08. The second kappa shape index (κ2) is 9.73. The first kappa shape index (κ1) is 21.8. The number of hydrogen-bond acceptors (Lipinski definition) is 5. The van der Waals surface area contributed by atoms with Crippen molar-refractivity contribution in [1.82, 2.24) is 10.3 Å². The topological polar surface area (TPSA) is 89.7 Å². The van der Waals surface area contributed by atoms with E-state index in [1.54, 1.807) is 37.4 Å². The molecule has 30 heavy (non-hydrogen) atoms. The number of pyridine rings is 1. The fourth-order valence-corrected chi connectivity index (χ4v) is 3.41. The number of fused-ring (bicyclic) bond motifs is 1. The lowest BCUT2D eigenvalue weighted by Gasteiger charge is -2.11. The fraction of sp³-hybridized carbons (Fsp3) is 0.238. The van der Waals surface area contributed by atoms with E-state index in [1.165, 1.54) is 13.2 Å². The third-order valence-electron chi connectivity index (χ3n) is 4.43. The van der Waals surface area contributed by atoms with Crippen molar-refractivity contribution in [2.45, 2.75) is 6.42 Å². The zero-order valence-electron chi connectivity index (χ0n) is 16.4. The maximum atomic E-state index is 12.4. The van der Waals surface area contributed by atoms with E-state index in [9.17, 15) is 9.59 Å². The molecule has 0 radical (unpaired) electrons. The highest BCUT2D eigenvalue weighted by atomic mass is 35.5. The van der Waals surface area contributed by atoms with Crippen LogP contribution >= 0.6 is 23.2 Å². The summed E-state index contributed by atoms with van der Waals surface area (Å²) in [4.78, 5) is 27.3. The van der Waals surface area contributed by atoms with Gasteiger partial charge < -0.3 is 24.5 Å². The van der Waals surface area contributed by atoms with Crippen molar-refractivity contribution < 1.29 is 19.0 Å². The highest BCUT2D eigenvalue weighted by Crippen LogP contribution is 2.31. The summed E-state index contributed by atoms with van der Waals surface area (Å²) in [6.45, 7) is 0.0534. The molecule has 0 aliphatic carbocycles. The van der Waals surface area contributed by atoms with Gasteiger partial charge in [-0.15, -0.1) is 0 Å². The van der Waals surface area contributed by atoms with Crippen LogP contribution in [0.15, 0.2) is 41.2 Å². The van der Waals surface area contributed by atoms with Gasteiger partial charge in [0.25, 0.3) is 11.5 Å². The van der Waals surface area contributed by atoms with Crippen LogP contribution in [0.1, 0.15) is 5.56 Å². The van der Waals surface area contributed by atoms with E-state index in [4.69, 9.17) is 37.4 Å². The van der Waals surface area contributed by atoms with Crippen molar-refractivity contribution in [2.24, 2.45) is 0 Å². The zero-order chi connectivity index (χ0) is 21.7. The predicted molar refractivity (Wildman–Crippen MR) is 116 cm³/mol. The van der Waals surface area contributed by atoms with Crippen molar-refractivity contribution in [2.75, 3.05) is 27.4 Å². The van der Waals surface area contributed by atoms with Crippen LogP contribution in [0.5, 0.6) is 17.2 Å². The SMILES string of the molecule is COc1ccc(OC)c2[nH]c(=O)c(CCNC(=O)COc3ccc(Cl)cc3Cl)cc12. The summed E-state index contributed by atoms with van der Waals surface area (Å²) in [5.74, 6) is 1.18. The molecule has 7 nitrogen and oxygen atoms in total. The van der Waals surface area contributed by atoms with Crippen LogP contribution < -0.4 is 25.1 Å². The zero-order valence-corrected chi connectivity index (χ0v) is 17.9. The standard InChI is InChI=1S/C21H20Cl2N2O5/c1-28-16-5-6-18(29-2)20-14(16)9-12(21(27)25-20)7-8-24-19(26)11-30-17-4-3-13(22)10-15(17)23/h3-6,9-10H,7-8,11H2,1-2H3,(H,24,26)(H,25,27). The Morgan fingerprint density at radius 1 is 1.03 bits per heavy atom. The van der Waals surface area contributed by atoms with Crippen molar-refractivity contribution in [1.29, 1.82) is 0 Å². The third kappa shape index (κ3) is 4.98. The molecule has 2 N–H and O–H groups in total. The van der Waals surface area contributed by atoms with Gasteiger partial charge in [-0.2, -0.15) is 0 Å². The molecule has 2 aromatic carbocycles. The molecule has 0 aliphatic heterocycles. The van der Waals surface area contributed by atoms with Gasteiger partial charge in [-0.1, -0.05) is 23.2 Å². The quantitative estimate of drug-likeness (QED) is 0.547. The second-order valence-corrected chi connectivity index (χ2v) is 7.19. The average Bonchev–Trinajstić information content (AvgIpc) is 2.72. The number of nitrogens with one attached hydrogen (secondary N) is 2. The summed E-state index contributed by atoms with van der Waals surface area (Å²) < 4.78 is 16.1. The molecule has 0 saturated carbocycles. The molecule has 0 aliphatic rings. The summed E-state index contributed by atoms with van der Waals surface area (Å²) in [5.41, 5.74) is 0.811. The predicted octanol–water partition coefficient (Wildman–Crippen LogP) is 3.59. The van der Waals surface area contributed by atoms with Gasteiger partial charge in [-0.25, -0.2) is 0 Å². The van der Waals surface area contributed by atoms with Crippen molar-refractivity contribution in [3.8, 4) is 17.2 Å². The number of H-pyrrole nitrogens is 1. The van der Waals surface area contributed by atoms with E-state index in [0.29, 0.717) is 44.8 Å². The number of halogens is 2. The number of aromatic nitrogens is 1. The normalized spacial score (nSPS) is 10.7. The minimum atomic E-state index is -0.336. The highest BCUT2D eigenvalue weighted by molar-refractivity contribution is 6.35. The minimum Gasteiger partial charge on any atom is -0.496 e. The number of amides is 1. The minimum absolute atomic E-state index is 0.208. The molecule has 1 heterocycles. The van der Waals surface area contributed by atoms with Crippen LogP contribution in [0, 0.1) is 0 Å². The Kier molecular flexibility index (Phi) is 7.07. The maximum Gasteiger partial charge on any atom is 0.257 e. The first-order valence-electron chi connectivity index (χ1n) is 9.04. The molecule has 1 amide bonds. The van der Waals surface area contributed by atoms with E-state index >= 15 is 0 Å². The van der Waals surface area contributed by atoms with Gasteiger partial charge >= 0.3 is 0 Å². The molecule has 3 aromatic rings. The molecule has 0 atom stereocenters. The number of methoxy groups -OCH3 is 2. The number of carbonyl (C=O) groups is 1. The van der Waals surface area contributed by atoms with Crippen LogP contribution in [-0.2, 0) is 11.2 Å². The Hall–Kier alpha value is -2.90. The molecule has 9 heteroatoms. The van der Waals surface area contributed by atoms with E-state index in [1.807, 2.05) is 0 Å².